The first kappa shape index (κ1) is 12.5. The third kappa shape index (κ3) is 3.38. The van der Waals surface area contributed by atoms with E-state index in [9.17, 15) is 0 Å². The molecular formula is C11H16IN. The molecule has 1 nitrogen and oxygen atoms in total. The minimum Gasteiger partial charge on any atom is -0.381 e. The van der Waals surface area contributed by atoms with Crippen LogP contribution in [0.15, 0.2) is 30.9 Å². The molecule has 13 heavy (non-hydrogen) atoms. The molecule has 0 saturated heterocycles. The van der Waals surface area contributed by atoms with Crippen molar-refractivity contribution < 1.29 is 0 Å². The standard InChI is InChI=1S/C11H15N.HI/c1-4-8-12-11-7-5-6-9(2)10(11)3;/h4-7,12H,1,8H2,2-3H3;1H. The zero-order chi connectivity index (χ0) is 8.97. The van der Waals surface area contributed by atoms with E-state index in [2.05, 4.69) is 43.9 Å². The maximum absolute atomic E-state index is 3.67. The summed E-state index contributed by atoms with van der Waals surface area (Å²) in [5, 5.41) is 3.29. The molecule has 0 aliphatic carbocycles. The second kappa shape index (κ2) is 6.02. The smallest absolute Gasteiger partial charge is 0.0375 e. The number of anilines is 1. The lowest BCUT2D eigenvalue weighted by atomic mass is 10.1. The van der Waals surface area contributed by atoms with Crippen LogP contribution in [0.4, 0.5) is 5.69 Å². The van der Waals surface area contributed by atoms with E-state index in [0.717, 1.165) is 6.54 Å². The average Bonchev–Trinajstić information content (AvgIpc) is 2.08. The number of hydrogen-bond donors (Lipinski definition) is 1. The third-order valence-corrected chi connectivity index (χ3v) is 2.04. The molecule has 1 aromatic carbocycles. The first-order valence-corrected chi connectivity index (χ1v) is 4.16. The van der Waals surface area contributed by atoms with Gasteiger partial charge in [0.25, 0.3) is 0 Å². The summed E-state index contributed by atoms with van der Waals surface area (Å²) in [5.41, 5.74) is 3.85. The lowest BCUT2D eigenvalue weighted by Gasteiger charge is -2.08. The maximum Gasteiger partial charge on any atom is 0.0375 e. The minimum absolute atomic E-state index is 0. The fourth-order valence-corrected chi connectivity index (χ4v) is 1.12. The Labute approximate surface area is 97.3 Å². The van der Waals surface area contributed by atoms with Crippen molar-refractivity contribution in [2.24, 2.45) is 0 Å². The molecule has 0 aliphatic heterocycles. The second-order valence-electron chi connectivity index (χ2n) is 2.92. The third-order valence-electron chi connectivity index (χ3n) is 2.04. The van der Waals surface area contributed by atoms with Gasteiger partial charge in [0.2, 0.25) is 0 Å². The quantitative estimate of drug-likeness (QED) is 0.663. The van der Waals surface area contributed by atoms with Gasteiger partial charge in [0.1, 0.15) is 0 Å². The number of halogens is 1. The predicted molar refractivity (Wildman–Crippen MR) is 70.0 cm³/mol. The molecule has 0 saturated carbocycles. The second-order valence-corrected chi connectivity index (χ2v) is 2.92. The minimum atomic E-state index is 0. The van der Waals surface area contributed by atoms with Gasteiger partial charge in [0.05, 0.1) is 0 Å². The van der Waals surface area contributed by atoms with E-state index in [0.29, 0.717) is 0 Å². The zero-order valence-electron chi connectivity index (χ0n) is 8.13. The van der Waals surface area contributed by atoms with Gasteiger partial charge in [0, 0.05) is 12.2 Å². The van der Waals surface area contributed by atoms with E-state index in [4.69, 9.17) is 0 Å². The number of aryl methyl sites for hydroxylation is 1. The van der Waals surface area contributed by atoms with E-state index in [1.165, 1.54) is 16.8 Å². The Morgan fingerprint density at radius 1 is 1.38 bits per heavy atom. The van der Waals surface area contributed by atoms with E-state index >= 15 is 0 Å². The number of hydrogen-bond acceptors (Lipinski definition) is 1. The predicted octanol–water partition coefficient (Wildman–Crippen LogP) is 3.52. The van der Waals surface area contributed by atoms with Crippen molar-refractivity contribution in [1.29, 1.82) is 0 Å². The summed E-state index contributed by atoms with van der Waals surface area (Å²) in [6.07, 6.45) is 1.86. The number of rotatable bonds is 3. The van der Waals surface area contributed by atoms with Crippen LogP contribution in [0.2, 0.25) is 0 Å². The molecule has 0 atom stereocenters. The molecular weight excluding hydrogens is 273 g/mol. The summed E-state index contributed by atoms with van der Waals surface area (Å²) in [4.78, 5) is 0. The summed E-state index contributed by atoms with van der Waals surface area (Å²) in [5.74, 6) is 0. The highest BCUT2D eigenvalue weighted by Crippen LogP contribution is 2.17. The molecule has 2 heteroatoms. The van der Waals surface area contributed by atoms with Crippen LogP contribution in [0.25, 0.3) is 0 Å². The average molecular weight is 289 g/mol. The lowest BCUT2D eigenvalue weighted by Crippen LogP contribution is -2.00. The van der Waals surface area contributed by atoms with Gasteiger partial charge in [-0.05, 0) is 31.0 Å². The van der Waals surface area contributed by atoms with Crippen molar-refractivity contribution >= 4 is 29.7 Å². The molecule has 0 heterocycles. The monoisotopic (exact) mass is 289 g/mol. The van der Waals surface area contributed by atoms with Crippen LogP contribution in [0.1, 0.15) is 11.1 Å². The normalized spacial score (nSPS) is 8.77. The van der Waals surface area contributed by atoms with Crippen molar-refractivity contribution in [2.75, 3.05) is 11.9 Å². The number of benzene rings is 1. The summed E-state index contributed by atoms with van der Waals surface area (Å²) >= 11 is 0. The van der Waals surface area contributed by atoms with E-state index in [1.54, 1.807) is 0 Å². The van der Waals surface area contributed by atoms with Crippen molar-refractivity contribution in [3.8, 4) is 0 Å². The van der Waals surface area contributed by atoms with Gasteiger partial charge in [-0.15, -0.1) is 30.6 Å². The molecule has 1 N–H and O–H groups in total. The Bertz CT molecular complexity index is 281. The molecule has 0 aromatic heterocycles. The molecule has 0 radical (unpaired) electrons. The van der Waals surface area contributed by atoms with Crippen molar-refractivity contribution in [1.82, 2.24) is 0 Å². The Balaban J connectivity index is 0.00000144. The Hall–Kier alpha value is -0.510. The molecule has 0 amide bonds. The van der Waals surface area contributed by atoms with Gasteiger partial charge in [0.15, 0.2) is 0 Å². The van der Waals surface area contributed by atoms with Gasteiger partial charge >= 0.3 is 0 Å². The highest BCUT2D eigenvalue weighted by molar-refractivity contribution is 14.0. The Morgan fingerprint density at radius 3 is 2.69 bits per heavy atom. The molecule has 0 fully saturated rings. The van der Waals surface area contributed by atoms with Crippen molar-refractivity contribution in [2.45, 2.75) is 13.8 Å². The summed E-state index contributed by atoms with van der Waals surface area (Å²) in [7, 11) is 0. The highest BCUT2D eigenvalue weighted by atomic mass is 127. The van der Waals surface area contributed by atoms with Crippen LogP contribution in [-0.4, -0.2) is 6.54 Å². The molecule has 0 bridgehead atoms. The Kier molecular flexibility index (Phi) is 5.79. The Morgan fingerprint density at radius 2 is 2.08 bits per heavy atom. The summed E-state index contributed by atoms with van der Waals surface area (Å²) in [6.45, 7) is 8.73. The summed E-state index contributed by atoms with van der Waals surface area (Å²) < 4.78 is 0. The number of nitrogens with one attached hydrogen (secondary N) is 1. The van der Waals surface area contributed by atoms with E-state index < -0.39 is 0 Å². The fourth-order valence-electron chi connectivity index (χ4n) is 1.12. The van der Waals surface area contributed by atoms with Crippen LogP contribution >= 0.6 is 24.0 Å². The van der Waals surface area contributed by atoms with Gasteiger partial charge in [-0.25, -0.2) is 0 Å². The zero-order valence-corrected chi connectivity index (χ0v) is 10.5. The molecule has 1 rings (SSSR count). The van der Waals surface area contributed by atoms with Gasteiger partial charge < -0.3 is 5.32 Å². The van der Waals surface area contributed by atoms with Gasteiger partial charge in [-0.3, -0.25) is 0 Å². The topological polar surface area (TPSA) is 12.0 Å². The van der Waals surface area contributed by atoms with Gasteiger partial charge in [-0.2, -0.15) is 0 Å². The molecule has 1 aromatic rings. The van der Waals surface area contributed by atoms with Crippen molar-refractivity contribution in [3.05, 3.63) is 42.0 Å². The summed E-state index contributed by atoms with van der Waals surface area (Å²) in [6, 6.07) is 6.27. The van der Waals surface area contributed by atoms with Crippen LogP contribution < -0.4 is 5.32 Å². The maximum atomic E-state index is 3.67. The van der Waals surface area contributed by atoms with E-state index in [1.807, 2.05) is 6.08 Å². The lowest BCUT2D eigenvalue weighted by molar-refractivity contribution is 1.27. The molecule has 0 aliphatic rings. The SMILES string of the molecule is C=CCNc1cccc(C)c1C.I. The first-order valence-electron chi connectivity index (χ1n) is 4.16. The van der Waals surface area contributed by atoms with Crippen LogP contribution in [0.3, 0.4) is 0 Å². The van der Waals surface area contributed by atoms with Crippen LogP contribution in [-0.2, 0) is 0 Å². The van der Waals surface area contributed by atoms with Gasteiger partial charge in [-0.1, -0.05) is 18.2 Å². The molecule has 0 spiro atoms. The molecule has 0 unspecified atom stereocenters. The van der Waals surface area contributed by atoms with Crippen molar-refractivity contribution in [3.63, 3.8) is 0 Å². The fraction of sp³-hybridized carbons (Fsp3) is 0.273. The highest BCUT2D eigenvalue weighted by Gasteiger charge is 1.97. The largest absolute Gasteiger partial charge is 0.381 e. The van der Waals surface area contributed by atoms with Crippen LogP contribution in [0, 0.1) is 13.8 Å². The van der Waals surface area contributed by atoms with E-state index in [-0.39, 0.29) is 24.0 Å². The van der Waals surface area contributed by atoms with Crippen LogP contribution in [0.5, 0.6) is 0 Å². The molecule has 72 valence electrons. The first-order chi connectivity index (χ1) is 5.75.